The average Bonchev–Trinajstić information content (AvgIpc) is 3.06. The predicted molar refractivity (Wildman–Crippen MR) is 220 cm³/mol. The Hall–Kier alpha value is -3.12. The fourth-order valence-corrected chi connectivity index (χ4v) is 4.53. The van der Waals surface area contributed by atoms with E-state index in [0.29, 0.717) is 18.3 Å². The zero-order valence-corrected chi connectivity index (χ0v) is 34.5. The second kappa shape index (κ2) is 30.5. The zero-order valence-electron chi connectivity index (χ0n) is 34.5. The Bertz CT molecular complexity index is 1160. The maximum absolute atomic E-state index is 12.8. The molecular weight excluding hydrogens is 640 g/mol. The fourth-order valence-electron chi connectivity index (χ4n) is 4.53. The molecule has 0 fully saturated rings. The summed E-state index contributed by atoms with van der Waals surface area (Å²) >= 11 is 0. The number of methoxy groups -OCH3 is 1. The molecule has 0 aliphatic carbocycles. The number of likely N-dealkylation sites (N-methyl/N-ethyl adjacent to an activating group) is 1. The number of hydrogen-bond donors (Lipinski definition) is 4. The van der Waals surface area contributed by atoms with Crippen LogP contribution < -0.4 is 16.0 Å². The number of amides is 2. The van der Waals surface area contributed by atoms with Crippen LogP contribution in [0.2, 0.25) is 0 Å². The van der Waals surface area contributed by atoms with Gasteiger partial charge in [-0.2, -0.15) is 0 Å². The monoisotopic (exact) mass is 715 g/mol. The Morgan fingerprint density at radius 2 is 1.16 bits per heavy atom. The van der Waals surface area contributed by atoms with Crippen molar-refractivity contribution < 1.29 is 19.4 Å². The van der Waals surface area contributed by atoms with Crippen LogP contribution in [0.4, 0.5) is 11.4 Å². The lowest BCUT2D eigenvalue weighted by Gasteiger charge is -2.40. The first-order chi connectivity index (χ1) is 24.1. The molecule has 0 heterocycles. The van der Waals surface area contributed by atoms with Crippen molar-refractivity contribution in [1.82, 2.24) is 20.0 Å². The van der Waals surface area contributed by atoms with Gasteiger partial charge >= 0.3 is 0 Å². The summed E-state index contributed by atoms with van der Waals surface area (Å²) in [6.45, 7) is 24.7. The van der Waals surface area contributed by atoms with Crippen LogP contribution in [0.3, 0.4) is 0 Å². The molecule has 0 radical (unpaired) electrons. The lowest BCUT2D eigenvalue weighted by Crippen LogP contribution is -2.55. The third kappa shape index (κ3) is 23.9. The lowest BCUT2D eigenvalue weighted by molar-refractivity contribution is -0.146. The van der Waals surface area contributed by atoms with E-state index in [9.17, 15) is 14.7 Å². The smallest absolute Gasteiger partial charge is 0.238 e. The van der Waals surface area contributed by atoms with Gasteiger partial charge in [0.05, 0.1) is 19.8 Å². The van der Waals surface area contributed by atoms with Crippen molar-refractivity contribution in [2.75, 3.05) is 58.2 Å². The maximum Gasteiger partial charge on any atom is 0.238 e. The van der Waals surface area contributed by atoms with E-state index in [2.05, 4.69) is 62.4 Å². The first-order valence-electron chi connectivity index (χ1n) is 18.7. The summed E-state index contributed by atoms with van der Waals surface area (Å²) < 4.78 is 4.89. The highest BCUT2D eigenvalue weighted by Crippen LogP contribution is 2.16. The number of benzene rings is 2. The molecule has 2 amide bonds. The van der Waals surface area contributed by atoms with Crippen LogP contribution in [0, 0.1) is 0 Å². The molecule has 292 valence electrons. The first-order valence-corrected chi connectivity index (χ1v) is 18.7. The van der Waals surface area contributed by atoms with Gasteiger partial charge in [-0.15, -0.1) is 0 Å². The molecule has 1 unspecified atom stereocenters. The third-order valence-electron chi connectivity index (χ3n) is 7.05. The number of nitrogens with one attached hydrogen (secondary N) is 3. The minimum absolute atomic E-state index is 0.0830. The number of carbonyl (C=O) groups is 2. The van der Waals surface area contributed by atoms with Crippen molar-refractivity contribution in [2.45, 2.75) is 120 Å². The van der Waals surface area contributed by atoms with Crippen LogP contribution >= 0.6 is 0 Å². The predicted octanol–water partition coefficient (Wildman–Crippen LogP) is 7.82. The number of nitrogens with zero attached hydrogens (tertiary/aromatic N) is 3. The molecule has 0 spiro atoms. The van der Waals surface area contributed by atoms with Crippen LogP contribution in [-0.4, -0.2) is 104 Å². The molecule has 0 aliphatic rings. The number of aliphatic hydroxyl groups excluding tert-OH is 1. The van der Waals surface area contributed by atoms with Gasteiger partial charge in [-0.1, -0.05) is 83.9 Å². The van der Waals surface area contributed by atoms with E-state index in [1.54, 1.807) is 14.2 Å². The van der Waals surface area contributed by atoms with Gasteiger partial charge in [0.25, 0.3) is 0 Å². The Morgan fingerprint density at radius 3 is 1.47 bits per heavy atom. The van der Waals surface area contributed by atoms with E-state index in [1.165, 1.54) is 12.8 Å². The van der Waals surface area contributed by atoms with E-state index in [4.69, 9.17) is 4.74 Å². The minimum Gasteiger partial charge on any atom is -0.369 e. The maximum atomic E-state index is 12.8. The molecule has 0 aromatic heterocycles. The van der Waals surface area contributed by atoms with Crippen LogP contribution in [0.15, 0.2) is 48.5 Å². The number of ether oxygens (including phenoxy) is 1. The number of hydrogen-bond acceptors (Lipinski definition) is 8. The molecule has 0 saturated heterocycles. The molecule has 2 aromatic carbocycles. The van der Waals surface area contributed by atoms with Gasteiger partial charge < -0.3 is 25.8 Å². The van der Waals surface area contributed by atoms with E-state index >= 15 is 0 Å². The van der Waals surface area contributed by atoms with Gasteiger partial charge in [0, 0.05) is 43.2 Å². The van der Waals surface area contributed by atoms with Gasteiger partial charge in [-0.25, -0.2) is 0 Å². The minimum atomic E-state index is -0.822. The van der Waals surface area contributed by atoms with E-state index < -0.39 is 6.35 Å². The van der Waals surface area contributed by atoms with Crippen molar-refractivity contribution >= 4 is 35.3 Å². The molecule has 10 heteroatoms. The van der Waals surface area contributed by atoms with Crippen LogP contribution in [0.1, 0.15) is 107 Å². The number of carbonyl (C=O) groups excluding carboxylic acids is 2. The summed E-state index contributed by atoms with van der Waals surface area (Å²) in [5.41, 5.74) is 3.47. The van der Waals surface area contributed by atoms with Crippen LogP contribution in [0.5, 0.6) is 0 Å². The highest BCUT2D eigenvalue weighted by Gasteiger charge is 2.28. The quantitative estimate of drug-likeness (QED) is 0.0971. The third-order valence-corrected chi connectivity index (χ3v) is 7.05. The van der Waals surface area contributed by atoms with Gasteiger partial charge in [0.1, 0.15) is 0 Å². The SMILES string of the molecule is CCC.CCC.CCCN(CC(=O)Nc1ccc(/C=C/c2ccc(NC(=O)CNC)cc2)cc1)C(O)N(C(C)C)C(C)C.COCN(C)C(C)C. The molecule has 4 N–H and O–H groups in total. The lowest BCUT2D eigenvalue weighted by atomic mass is 10.1. The largest absolute Gasteiger partial charge is 0.369 e. The molecule has 0 bridgehead atoms. The van der Waals surface area contributed by atoms with Crippen molar-refractivity contribution in [3.05, 3.63) is 59.7 Å². The molecule has 2 rings (SSSR count). The van der Waals surface area contributed by atoms with E-state index in [0.717, 1.165) is 30.0 Å². The second-order valence-electron chi connectivity index (χ2n) is 13.3. The summed E-state index contributed by atoms with van der Waals surface area (Å²) in [5.74, 6) is -0.245. The van der Waals surface area contributed by atoms with Gasteiger partial charge in [-0.3, -0.25) is 24.3 Å². The highest BCUT2D eigenvalue weighted by atomic mass is 16.5. The Balaban J connectivity index is 0. The normalized spacial score (nSPS) is 11.6. The summed E-state index contributed by atoms with van der Waals surface area (Å²) in [7, 11) is 5.47. The molecule has 10 nitrogen and oxygen atoms in total. The Kier molecular flexibility index (Phi) is 29.9. The summed E-state index contributed by atoms with van der Waals surface area (Å²) in [6.07, 6.45) is 6.50. The Labute approximate surface area is 312 Å². The number of aliphatic hydroxyl groups is 1. The van der Waals surface area contributed by atoms with E-state index in [-0.39, 0.29) is 37.0 Å². The zero-order chi connectivity index (χ0) is 39.4. The van der Waals surface area contributed by atoms with E-state index in [1.807, 2.05) is 112 Å². The van der Waals surface area contributed by atoms with Gasteiger partial charge in [-0.05, 0) is 97.5 Å². The van der Waals surface area contributed by atoms with Crippen molar-refractivity contribution in [1.29, 1.82) is 0 Å². The highest BCUT2D eigenvalue weighted by molar-refractivity contribution is 5.93. The molecule has 2 aromatic rings. The van der Waals surface area contributed by atoms with Crippen molar-refractivity contribution in [2.24, 2.45) is 0 Å². The molecular formula is C41H74N6O4. The fraction of sp³-hybridized carbons (Fsp3) is 0.610. The van der Waals surface area contributed by atoms with Crippen molar-refractivity contribution in [3.8, 4) is 0 Å². The molecule has 0 aliphatic heterocycles. The summed E-state index contributed by atoms with van der Waals surface area (Å²) in [6, 6.07) is 16.1. The summed E-state index contributed by atoms with van der Waals surface area (Å²) in [4.78, 5) is 30.4. The molecule has 51 heavy (non-hydrogen) atoms. The topological polar surface area (TPSA) is 109 Å². The van der Waals surface area contributed by atoms with Crippen LogP contribution in [-0.2, 0) is 14.3 Å². The Morgan fingerprint density at radius 1 is 0.745 bits per heavy atom. The van der Waals surface area contributed by atoms with Gasteiger partial charge in [0.15, 0.2) is 6.35 Å². The van der Waals surface area contributed by atoms with Gasteiger partial charge in [0.2, 0.25) is 11.8 Å². The molecule has 1 atom stereocenters. The second-order valence-corrected chi connectivity index (χ2v) is 13.3. The first kappa shape index (κ1) is 50.0. The number of anilines is 2. The van der Waals surface area contributed by atoms with Crippen LogP contribution in [0.25, 0.3) is 12.2 Å². The standard InChI is InChI=1S/C29H43N5O3.C6H15NO.2C3H8/c1-7-18-33(29(37)34(21(2)3)22(4)5)20-28(36)32-26-16-12-24(13-17-26)9-8-23-10-14-25(15-11-23)31-27(35)19-30-6;1-6(2)7(3)5-8-4;2*1-3-2/h8-17,21-22,29-30,37H,7,18-20H2,1-6H3,(H,31,35)(H,32,36);6H,5H2,1-4H3;2*3H2,1-2H3/b9-8+;;;. The average molecular weight is 715 g/mol. The molecule has 0 saturated carbocycles. The number of rotatable bonds is 17. The van der Waals surface area contributed by atoms with Crippen molar-refractivity contribution in [3.63, 3.8) is 0 Å². The summed E-state index contributed by atoms with van der Waals surface area (Å²) in [5, 5.41) is 19.6.